The summed E-state index contributed by atoms with van der Waals surface area (Å²) < 4.78 is 5.48. The van der Waals surface area contributed by atoms with Gasteiger partial charge in [-0.3, -0.25) is 9.59 Å². The SMILES string of the molecule is CCOc1ccc(N2C(=O)C(Nc3ccccc3)=C(c3ccc(C)c(C)c3)C2=O)cc1. The number of imide groups is 1. The zero-order chi connectivity index (χ0) is 22.0. The van der Waals surface area contributed by atoms with Gasteiger partial charge in [0.25, 0.3) is 11.8 Å². The molecule has 2 amide bonds. The number of hydrogen-bond acceptors (Lipinski definition) is 4. The van der Waals surface area contributed by atoms with Gasteiger partial charge in [0.2, 0.25) is 0 Å². The molecule has 5 nitrogen and oxygen atoms in total. The van der Waals surface area contributed by atoms with Crippen LogP contribution >= 0.6 is 0 Å². The maximum atomic E-state index is 13.5. The number of nitrogens with one attached hydrogen (secondary N) is 1. The Kier molecular flexibility index (Phi) is 5.58. The van der Waals surface area contributed by atoms with E-state index in [1.807, 2.05) is 69.3 Å². The van der Waals surface area contributed by atoms with Crippen LogP contribution in [0.5, 0.6) is 5.75 Å². The second kappa shape index (κ2) is 8.48. The van der Waals surface area contributed by atoms with Crippen molar-refractivity contribution in [2.45, 2.75) is 20.8 Å². The second-order valence-corrected chi connectivity index (χ2v) is 7.41. The topological polar surface area (TPSA) is 58.6 Å². The number of benzene rings is 3. The van der Waals surface area contributed by atoms with Crippen LogP contribution in [0.25, 0.3) is 5.57 Å². The monoisotopic (exact) mass is 412 g/mol. The number of hydrogen-bond donors (Lipinski definition) is 1. The highest BCUT2D eigenvalue weighted by atomic mass is 16.5. The van der Waals surface area contributed by atoms with Gasteiger partial charge < -0.3 is 10.1 Å². The van der Waals surface area contributed by atoms with Crippen molar-refractivity contribution >= 4 is 28.8 Å². The minimum absolute atomic E-state index is 0.272. The van der Waals surface area contributed by atoms with Crippen LogP contribution < -0.4 is 15.0 Å². The average molecular weight is 412 g/mol. The average Bonchev–Trinajstić information content (AvgIpc) is 3.01. The molecule has 1 heterocycles. The first-order valence-electron chi connectivity index (χ1n) is 10.2. The van der Waals surface area contributed by atoms with Crippen LogP contribution in [-0.2, 0) is 9.59 Å². The second-order valence-electron chi connectivity index (χ2n) is 7.41. The van der Waals surface area contributed by atoms with E-state index in [2.05, 4.69) is 5.32 Å². The largest absolute Gasteiger partial charge is 0.494 e. The third-order valence-corrected chi connectivity index (χ3v) is 5.33. The standard InChI is InChI=1S/C26H24N2O3/c1-4-31-22-14-12-21(13-15-22)28-25(29)23(19-11-10-17(2)18(3)16-19)24(26(28)30)27-20-8-6-5-7-9-20/h5-16,27H,4H2,1-3H3. The molecular formula is C26H24N2O3. The number of amides is 2. The molecule has 4 rings (SSSR count). The van der Waals surface area contributed by atoms with Crippen molar-refractivity contribution in [2.75, 3.05) is 16.8 Å². The Bertz CT molecular complexity index is 1170. The lowest BCUT2D eigenvalue weighted by Gasteiger charge is -2.16. The third-order valence-electron chi connectivity index (χ3n) is 5.33. The lowest BCUT2D eigenvalue weighted by atomic mass is 9.99. The summed E-state index contributed by atoms with van der Waals surface area (Å²) in [5.41, 5.74) is 4.79. The van der Waals surface area contributed by atoms with Gasteiger partial charge in [0.1, 0.15) is 11.4 Å². The molecule has 0 atom stereocenters. The number of anilines is 2. The van der Waals surface area contributed by atoms with Gasteiger partial charge in [-0.05, 0) is 73.9 Å². The Hall–Kier alpha value is -3.86. The molecule has 156 valence electrons. The molecule has 0 saturated carbocycles. The van der Waals surface area contributed by atoms with Crippen molar-refractivity contribution in [3.63, 3.8) is 0 Å². The number of rotatable bonds is 6. The smallest absolute Gasteiger partial charge is 0.282 e. The molecule has 1 N–H and O–H groups in total. The number of carbonyl (C=O) groups is 2. The van der Waals surface area contributed by atoms with Crippen LogP contribution in [0.1, 0.15) is 23.6 Å². The molecule has 1 aliphatic rings. The predicted molar refractivity (Wildman–Crippen MR) is 123 cm³/mol. The molecule has 5 heteroatoms. The maximum Gasteiger partial charge on any atom is 0.282 e. The molecule has 31 heavy (non-hydrogen) atoms. The van der Waals surface area contributed by atoms with Crippen molar-refractivity contribution < 1.29 is 14.3 Å². The van der Waals surface area contributed by atoms with Crippen LogP contribution in [-0.4, -0.2) is 18.4 Å². The van der Waals surface area contributed by atoms with Crippen LogP contribution in [0.4, 0.5) is 11.4 Å². The summed E-state index contributed by atoms with van der Waals surface area (Å²) in [6.07, 6.45) is 0. The van der Waals surface area contributed by atoms with Crippen molar-refractivity contribution in [2.24, 2.45) is 0 Å². The van der Waals surface area contributed by atoms with Gasteiger partial charge in [0, 0.05) is 5.69 Å². The first kappa shape index (κ1) is 20.4. The van der Waals surface area contributed by atoms with Gasteiger partial charge in [-0.15, -0.1) is 0 Å². The number of aryl methyl sites for hydroxylation is 2. The lowest BCUT2D eigenvalue weighted by Crippen LogP contribution is -2.32. The fourth-order valence-electron chi connectivity index (χ4n) is 3.57. The van der Waals surface area contributed by atoms with Crippen molar-refractivity contribution in [3.05, 3.63) is 95.2 Å². The van der Waals surface area contributed by atoms with E-state index in [1.165, 1.54) is 4.90 Å². The minimum atomic E-state index is -0.383. The fourth-order valence-corrected chi connectivity index (χ4v) is 3.57. The van der Waals surface area contributed by atoms with Crippen molar-refractivity contribution in [3.8, 4) is 5.75 Å². The van der Waals surface area contributed by atoms with Crippen molar-refractivity contribution in [1.29, 1.82) is 0 Å². The molecule has 1 aliphatic heterocycles. The van der Waals surface area contributed by atoms with Gasteiger partial charge in [-0.1, -0.05) is 36.4 Å². The summed E-state index contributed by atoms with van der Waals surface area (Å²) >= 11 is 0. The van der Waals surface area contributed by atoms with Gasteiger partial charge >= 0.3 is 0 Å². The van der Waals surface area contributed by atoms with Gasteiger partial charge in [0.05, 0.1) is 17.9 Å². The molecule has 0 spiro atoms. The molecule has 0 aromatic heterocycles. The highest BCUT2D eigenvalue weighted by molar-refractivity contribution is 6.46. The first-order chi connectivity index (χ1) is 15.0. The molecular weight excluding hydrogens is 388 g/mol. The van der Waals surface area contributed by atoms with E-state index in [0.717, 1.165) is 16.8 Å². The van der Waals surface area contributed by atoms with Crippen LogP contribution in [0.2, 0.25) is 0 Å². The van der Waals surface area contributed by atoms with Gasteiger partial charge in [-0.2, -0.15) is 0 Å². The third kappa shape index (κ3) is 3.94. The predicted octanol–water partition coefficient (Wildman–Crippen LogP) is 5.10. The number of carbonyl (C=O) groups excluding carboxylic acids is 2. The Morgan fingerprint density at radius 3 is 2.19 bits per heavy atom. The number of para-hydroxylation sites is 1. The van der Waals surface area contributed by atoms with E-state index in [1.54, 1.807) is 24.3 Å². The van der Waals surface area contributed by atoms with Gasteiger partial charge in [0.15, 0.2) is 0 Å². The first-order valence-corrected chi connectivity index (χ1v) is 10.2. The zero-order valence-electron chi connectivity index (χ0n) is 17.8. The Balaban J connectivity index is 1.78. The summed E-state index contributed by atoms with van der Waals surface area (Å²) in [4.78, 5) is 28.1. The summed E-state index contributed by atoms with van der Waals surface area (Å²) in [6.45, 7) is 6.47. The molecule has 0 saturated heterocycles. The zero-order valence-corrected chi connectivity index (χ0v) is 17.8. The van der Waals surface area contributed by atoms with Crippen LogP contribution in [0.15, 0.2) is 78.5 Å². The van der Waals surface area contributed by atoms with E-state index in [0.29, 0.717) is 29.2 Å². The normalized spacial score (nSPS) is 13.7. The van der Waals surface area contributed by atoms with E-state index >= 15 is 0 Å². The van der Waals surface area contributed by atoms with E-state index in [9.17, 15) is 9.59 Å². The summed E-state index contributed by atoms with van der Waals surface area (Å²) in [6, 6.07) is 22.2. The molecule has 0 fully saturated rings. The summed E-state index contributed by atoms with van der Waals surface area (Å²) in [7, 11) is 0. The molecule has 3 aromatic carbocycles. The van der Waals surface area contributed by atoms with Crippen LogP contribution in [0, 0.1) is 13.8 Å². The molecule has 3 aromatic rings. The molecule has 0 bridgehead atoms. The maximum absolute atomic E-state index is 13.5. The van der Waals surface area contributed by atoms with Crippen LogP contribution in [0.3, 0.4) is 0 Å². The Labute approximate surface area is 182 Å². The van der Waals surface area contributed by atoms with E-state index in [-0.39, 0.29) is 17.5 Å². The molecule has 0 radical (unpaired) electrons. The molecule has 0 unspecified atom stereocenters. The fraction of sp³-hybridized carbons (Fsp3) is 0.154. The van der Waals surface area contributed by atoms with Crippen molar-refractivity contribution in [1.82, 2.24) is 0 Å². The summed E-state index contributed by atoms with van der Waals surface area (Å²) in [5.74, 6) is -0.0441. The number of ether oxygens (including phenoxy) is 1. The Morgan fingerprint density at radius 1 is 0.839 bits per heavy atom. The molecule has 0 aliphatic carbocycles. The highest BCUT2D eigenvalue weighted by Crippen LogP contribution is 2.35. The quantitative estimate of drug-likeness (QED) is 0.573. The van der Waals surface area contributed by atoms with E-state index in [4.69, 9.17) is 4.74 Å². The highest BCUT2D eigenvalue weighted by Gasteiger charge is 2.40. The Morgan fingerprint density at radius 2 is 1.55 bits per heavy atom. The van der Waals surface area contributed by atoms with E-state index < -0.39 is 0 Å². The number of nitrogens with zero attached hydrogens (tertiary/aromatic N) is 1. The van der Waals surface area contributed by atoms with Gasteiger partial charge in [-0.25, -0.2) is 4.90 Å². The summed E-state index contributed by atoms with van der Waals surface area (Å²) in [5, 5.41) is 3.18. The lowest BCUT2D eigenvalue weighted by molar-refractivity contribution is -0.120. The minimum Gasteiger partial charge on any atom is -0.494 e.